The number of carboxylic acids is 3. The topological polar surface area (TPSA) is 723 Å². The lowest BCUT2D eigenvalue weighted by atomic mass is 9.94. The van der Waals surface area contributed by atoms with Crippen LogP contribution in [0.2, 0.25) is 0 Å². The van der Waals surface area contributed by atoms with Crippen molar-refractivity contribution < 1.29 is 219 Å². The number of rotatable bonds is 63. The fourth-order valence-electron chi connectivity index (χ4n) is 13.7. The van der Waals surface area contributed by atoms with E-state index in [1.165, 1.54) is 21.3 Å². The Balaban J connectivity index is 0.877. The normalized spacial score (nSPS) is 22.6. The van der Waals surface area contributed by atoms with Gasteiger partial charge < -0.3 is 208 Å². The highest BCUT2D eigenvalue weighted by Gasteiger charge is 2.48. The summed E-state index contributed by atoms with van der Waals surface area (Å²) in [4.78, 5) is 111. The zero-order valence-electron chi connectivity index (χ0n) is 74.8. The first-order valence-electron chi connectivity index (χ1n) is 43.4. The molecule has 0 saturated carbocycles. The molecule has 51 nitrogen and oxygen atoms in total. The average Bonchev–Trinajstić information content (AvgIpc) is 1.71. The van der Waals surface area contributed by atoms with E-state index in [2.05, 4.69) is 31.9 Å². The molecule has 51 heteroatoms. The highest BCUT2D eigenvalue weighted by Crippen LogP contribution is 2.42. The minimum absolute atomic E-state index is 0.0840. The van der Waals surface area contributed by atoms with Crippen molar-refractivity contribution in [2.45, 2.75) is 168 Å². The van der Waals surface area contributed by atoms with E-state index in [0.29, 0.717) is 53.8 Å². The third kappa shape index (κ3) is 37.9. The van der Waals surface area contributed by atoms with Crippen LogP contribution >= 0.6 is 0 Å². The van der Waals surface area contributed by atoms with Crippen molar-refractivity contribution in [1.29, 1.82) is 0 Å². The van der Waals surface area contributed by atoms with Crippen molar-refractivity contribution >= 4 is 53.9 Å². The molecule has 3 aliphatic heterocycles. The zero-order valence-corrected chi connectivity index (χ0v) is 74.8. The summed E-state index contributed by atoms with van der Waals surface area (Å²) in [6.07, 6.45) is -30.0. The van der Waals surface area contributed by atoms with Crippen LogP contribution in [0.15, 0.2) is 36.4 Å². The van der Waals surface area contributed by atoms with Gasteiger partial charge in [0.05, 0.1) is 160 Å². The molecule has 1 aliphatic carbocycles. The van der Waals surface area contributed by atoms with Crippen LogP contribution in [0, 0.1) is 0 Å². The maximum Gasteiger partial charge on any atom is 0.407 e. The van der Waals surface area contributed by atoms with Gasteiger partial charge in [0.1, 0.15) is 131 Å². The minimum atomic E-state index is -1.84. The number of aliphatic carboxylic acids is 3. The molecule has 7 rings (SSSR count). The van der Waals surface area contributed by atoms with E-state index in [1.807, 2.05) is 36.4 Å². The van der Waals surface area contributed by atoms with Crippen molar-refractivity contribution in [3.8, 4) is 34.5 Å². The van der Waals surface area contributed by atoms with E-state index in [1.54, 1.807) is 0 Å². The smallest absolute Gasteiger partial charge is 0.407 e. The first-order valence-corrected chi connectivity index (χ1v) is 43.4. The standard InChI is InChI=1S/C84H126N6O45/c1-115-55-37-46-34-47-38-56(116-2)59(128-29-23-122-17-11-119-14-20-125-26-32-131-83(113)86-53(5-8-65(96)97)77(110)89-80-74(107)71(104)68(101)62(44-92)134-80)41-50(47)36-51-42-60(129-30-24-123-18-12-120-15-21-126-27-33-132-84(114)87-54(6-9-66(98)99)78(111)90-81-75(108)72(105)69(102)63(45-93)135-81)57(117-3)39-48(51)35-49(46)40-58(55)127-28-22-121-16-10-118-13-19-124-25-31-130-82(112)85-52(4-7-64(94)95)76(109)88-79-73(106)70(103)67(100)61(43-91)133-79/h37-42,52-54,61-63,67-75,79-81,91-93,100-108H,4-36,43-45H2,1-3H3,(H,85,112)(H,86,113)(H,87,114)(H,88,109)(H,89,110)(H,90,111)(H,94,95)(H,96,97)(H,98,99)/t52-,53-,54-,61+,62+,63+,67-,68-,69-,70-,71-,72-,73+,74+,75+,79+,80+,81+/m0/s1. The van der Waals surface area contributed by atoms with E-state index < -0.39 is 222 Å². The molecule has 0 bridgehead atoms. The van der Waals surface area contributed by atoms with Crippen molar-refractivity contribution in [2.75, 3.05) is 200 Å². The highest BCUT2D eigenvalue weighted by atomic mass is 16.6. The van der Waals surface area contributed by atoms with Gasteiger partial charge in [-0.15, -0.1) is 0 Å². The molecule has 762 valence electrons. The van der Waals surface area contributed by atoms with Crippen LogP contribution in [0.1, 0.15) is 71.9 Å². The largest absolute Gasteiger partial charge is 0.493 e. The van der Waals surface area contributed by atoms with Gasteiger partial charge in [0.2, 0.25) is 17.7 Å². The van der Waals surface area contributed by atoms with Crippen molar-refractivity contribution in [3.05, 3.63) is 69.8 Å². The third-order valence-corrected chi connectivity index (χ3v) is 21.0. The van der Waals surface area contributed by atoms with Gasteiger partial charge in [0.25, 0.3) is 0 Å². The van der Waals surface area contributed by atoms with Gasteiger partial charge in [-0.3, -0.25) is 28.8 Å². The highest BCUT2D eigenvalue weighted by molar-refractivity contribution is 5.88. The van der Waals surface area contributed by atoms with Gasteiger partial charge >= 0.3 is 36.2 Å². The summed E-state index contributed by atoms with van der Waals surface area (Å²) in [7, 11) is 4.57. The third-order valence-electron chi connectivity index (χ3n) is 21.0. The van der Waals surface area contributed by atoms with Crippen LogP contribution in [0.5, 0.6) is 34.5 Å². The molecule has 0 aromatic heterocycles. The molecule has 3 saturated heterocycles. The van der Waals surface area contributed by atoms with Gasteiger partial charge in [0.15, 0.2) is 53.2 Å². The summed E-state index contributed by atoms with van der Waals surface area (Å²) >= 11 is 0. The number of nitrogens with one attached hydrogen (secondary N) is 6. The first-order chi connectivity index (χ1) is 64.9. The van der Waals surface area contributed by atoms with E-state index in [-0.39, 0.29) is 159 Å². The Bertz CT molecular complexity index is 4120. The lowest BCUT2D eigenvalue weighted by molar-refractivity contribution is -0.236. The lowest BCUT2D eigenvalue weighted by Gasteiger charge is -2.40. The van der Waals surface area contributed by atoms with Crippen molar-refractivity contribution in [3.63, 3.8) is 0 Å². The Morgan fingerprint density at radius 3 is 0.696 bits per heavy atom. The van der Waals surface area contributed by atoms with Crippen LogP contribution in [0.4, 0.5) is 14.4 Å². The Morgan fingerprint density at radius 2 is 0.496 bits per heavy atom. The van der Waals surface area contributed by atoms with Crippen LogP contribution in [0.3, 0.4) is 0 Å². The Kier molecular flexibility index (Phi) is 50.4. The second-order valence-electron chi connectivity index (χ2n) is 30.5. The Morgan fingerprint density at radius 1 is 0.296 bits per heavy atom. The fraction of sp³-hybridized carbons (Fsp3) is 0.679. The number of aliphatic hydroxyl groups is 12. The van der Waals surface area contributed by atoms with Crippen molar-refractivity contribution in [2.24, 2.45) is 0 Å². The van der Waals surface area contributed by atoms with E-state index in [0.717, 1.165) is 33.4 Å². The summed E-state index contributed by atoms with van der Waals surface area (Å²) in [6.45, 7) is -0.993. The monoisotopic (exact) mass is 1940 g/mol. The quantitative estimate of drug-likeness (QED) is 0.0144. The molecule has 0 spiro atoms. The molecule has 6 amide bonds. The SMILES string of the molecule is COc1cc2c(cc1OCCOCCOCCOCCOC(=O)N[C@@H](CCC(=O)O)C(=O)N[C@@H]1O[C@H](CO)[C@H](O)[C@H](O)[C@H]1O)Cc1cc(OC)c(OCCOCCOCCOCCOC(=O)N[C@@H](CCC(=O)O)C(=O)N[C@@H]3O[C@H](CO)[C@H](O)[C@H](O)[C@H]3O)cc1Cc1cc(OCCOCCOCCOCCOC(=O)N[C@@H](CCC(=O)O)C(=O)N[C@@H]3O[C@H](CO)[C@H](O)[C@H](O)[C@H]3O)c(OC)cc1C2. The van der Waals surface area contributed by atoms with E-state index in [9.17, 15) is 120 Å². The number of ether oxygens (including phenoxy) is 21. The van der Waals surface area contributed by atoms with Gasteiger partial charge in [-0.2, -0.15) is 0 Å². The van der Waals surface area contributed by atoms with Gasteiger partial charge in [-0.1, -0.05) is 0 Å². The molecule has 21 N–H and O–H groups in total. The molecule has 18 atom stereocenters. The number of carbonyl (C=O) groups is 9. The minimum Gasteiger partial charge on any atom is -0.493 e. The number of alkyl carbamates (subject to hydrolysis) is 3. The lowest BCUT2D eigenvalue weighted by Crippen LogP contribution is -2.64. The van der Waals surface area contributed by atoms with Gasteiger partial charge in [-0.05, 0) is 108 Å². The Labute approximate surface area is 774 Å². The number of carbonyl (C=O) groups excluding carboxylic acids is 6. The number of benzene rings is 3. The van der Waals surface area contributed by atoms with E-state index >= 15 is 0 Å². The number of carboxylic acid groups (broad SMARTS) is 3. The molecule has 3 heterocycles. The first kappa shape index (κ1) is 112. The maximum atomic E-state index is 13.1. The summed E-state index contributed by atoms with van der Waals surface area (Å²) < 4.78 is 119. The number of methoxy groups -OCH3 is 3. The van der Waals surface area contributed by atoms with E-state index in [4.69, 9.17) is 99.5 Å². The number of hydrogen-bond donors (Lipinski definition) is 21. The van der Waals surface area contributed by atoms with Crippen LogP contribution in [-0.2, 0) is 119 Å². The summed E-state index contributed by atoms with van der Waals surface area (Å²) in [5, 5.41) is 161. The number of hydrogen-bond acceptors (Lipinski definition) is 42. The van der Waals surface area contributed by atoms with Crippen LogP contribution in [0.25, 0.3) is 0 Å². The zero-order chi connectivity index (χ0) is 98.3. The average molecular weight is 1940 g/mol. The predicted octanol–water partition coefficient (Wildman–Crippen LogP) is -6.29. The predicted molar refractivity (Wildman–Crippen MR) is 452 cm³/mol. The maximum absolute atomic E-state index is 13.1. The van der Waals surface area contributed by atoms with Crippen LogP contribution < -0.4 is 60.3 Å². The molecule has 3 aromatic carbocycles. The molecule has 3 fully saturated rings. The van der Waals surface area contributed by atoms with Crippen LogP contribution in [-0.4, -0.2) is 440 Å². The molecule has 3 aromatic rings. The summed E-state index contributed by atoms with van der Waals surface area (Å²) in [6, 6.07) is 6.98. The molecule has 135 heavy (non-hydrogen) atoms. The summed E-state index contributed by atoms with van der Waals surface area (Å²) in [5.41, 5.74) is 5.32. The molecule has 4 aliphatic rings. The number of aliphatic hydroxyl groups excluding tert-OH is 12. The second-order valence-corrected chi connectivity index (χ2v) is 30.5. The molecular formula is C84H126N6O45. The molecular weight excluding hydrogens is 1810 g/mol. The van der Waals surface area contributed by atoms with Gasteiger partial charge in [-0.25, -0.2) is 14.4 Å². The molecule has 0 unspecified atom stereocenters. The van der Waals surface area contributed by atoms with Crippen molar-refractivity contribution in [1.82, 2.24) is 31.9 Å². The second kappa shape index (κ2) is 60.7. The number of fused-ring (bicyclic) bond motifs is 3. The fourth-order valence-corrected chi connectivity index (χ4v) is 13.7. The Hall–Kier alpha value is -9.87. The molecule has 0 radical (unpaired) electrons. The summed E-state index contributed by atoms with van der Waals surface area (Å²) in [5.74, 6) is -4.28. The van der Waals surface area contributed by atoms with Gasteiger partial charge in [0, 0.05) is 19.3 Å². The number of amides is 6.